The Labute approximate surface area is 139 Å². The van der Waals surface area contributed by atoms with Gasteiger partial charge in [-0.2, -0.15) is 5.26 Å². The van der Waals surface area contributed by atoms with E-state index in [0.29, 0.717) is 17.3 Å². The third-order valence-electron chi connectivity index (χ3n) is 3.61. The van der Waals surface area contributed by atoms with Crippen molar-refractivity contribution in [3.63, 3.8) is 0 Å². The second kappa shape index (κ2) is 6.44. The second-order valence-electron chi connectivity index (χ2n) is 4.99. The van der Waals surface area contributed by atoms with E-state index in [1.54, 1.807) is 0 Å². The molecule has 2 aromatic carbocycles. The number of nitriles is 1. The van der Waals surface area contributed by atoms with E-state index in [-0.39, 0.29) is 11.3 Å². The second-order valence-corrected chi connectivity index (χ2v) is 4.99. The molecule has 120 valence electrons. The van der Waals surface area contributed by atoms with E-state index in [4.69, 9.17) is 14.8 Å². The number of anilines is 2. The van der Waals surface area contributed by atoms with Crippen LogP contribution in [0.1, 0.15) is 5.56 Å². The number of nitrogens with zero attached hydrogens (tertiary/aromatic N) is 3. The number of benzene rings is 2. The number of aromatic nitrogens is 1. The Balaban J connectivity index is 2.15. The molecule has 0 fully saturated rings. The number of para-hydroxylation sites is 1. The molecule has 0 spiro atoms. The average molecular weight is 321 g/mol. The van der Waals surface area contributed by atoms with Crippen molar-refractivity contribution in [2.75, 3.05) is 19.3 Å². The van der Waals surface area contributed by atoms with Crippen molar-refractivity contribution in [3.05, 3.63) is 54.1 Å². The number of phenols is 1. The number of methoxy groups -OCH3 is 1. The lowest BCUT2D eigenvalue weighted by atomic mass is 10.1. The molecule has 0 aliphatic rings. The van der Waals surface area contributed by atoms with Crippen molar-refractivity contribution in [1.29, 1.82) is 5.26 Å². The number of ether oxygens (including phenoxy) is 1. The number of aromatic hydroxyl groups is 1. The summed E-state index contributed by atoms with van der Waals surface area (Å²) in [5.41, 5.74) is 1.40. The summed E-state index contributed by atoms with van der Waals surface area (Å²) >= 11 is 0. The Bertz CT molecular complexity index is 934. The van der Waals surface area contributed by atoms with Crippen LogP contribution < -0.4 is 9.80 Å². The fourth-order valence-corrected chi connectivity index (χ4v) is 2.45. The molecule has 0 aliphatic heterocycles. The highest BCUT2D eigenvalue weighted by Crippen LogP contribution is 2.38. The van der Waals surface area contributed by atoms with Crippen LogP contribution in [0.4, 0.5) is 11.5 Å². The van der Waals surface area contributed by atoms with Crippen LogP contribution in [0, 0.1) is 11.3 Å². The Morgan fingerprint density at radius 3 is 2.62 bits per heavy atom. The fourth-order valence-electron chi connectivity index (χ4n) is 2.45. The Hall–Kier alpha value is -3.30. The summed E-state index contributed by atoms with van der Waals surface area (Å²) < 4.78 is 5.30. The maximum Gasteiger partial charge on any atom is 0.158 e. The third kappa shape index (κ3) is 2.69. The van der Waals surface area contributed by atoms with E-state index in [1.807, 2.05) is 42.5 Å². The monoisotopic (exact) mass is 321 g/mol. The van der Waals surface area contributed by atoms with E-state index in [0.717, 1.165) is 10.9 Å². The molecule has 0 atom stereocenters. The first-order chi connectivity index (χ1) is 11.7. The quantitative estimate of drug-likeness (QED) is 0.741. The zero-order valence-corrected chi connectivity index (χ0v) is 13.2. The van der Waals surface area contributed by atoms with Gasteiger partial charge in [-0.05, 0) is 24.3 Å². The third-order valence-corrected chi connectivity index (χ3v) is 3.61. The van der Waals surface area contributed by atoms with Crippen LogP contribution >= 0.6 is 0 Å². The highest BCUT2D eigenvalue weighted by molar-refractivity contribution is 5.81. The molecular formula is C18H15N3O3. The first kappa shape index (κ1) is 15.6. The molecule has 6 nitrogen and oxygen atoms in total. The van der Waals surface area contributed by atoms with Crippen molar-refractivity contribution >= 4 is 22.4 Å². The summed E-state index contributed by atoms with van der Waals surface area (Å²) in [7, 11) is 2.97. The topological polar surface area (TPSA) is 78.6 Å². The predicted molar refractivity (Wildman–Crippen MR) is 90.3 cm³/mol. The average Bonchev–Trinajstić information content (AvgIpc) is 2.63. The Morgan fingerprint density at radius 1 is 1.12 bits per heavy atom. The predicted octanol–water partition coefficient (Wildman–Crippen LogP) is 3.52. The first-order valence-corrected chi connectivity index (χ1v) is 7.19. The van der Waals surface area contributed by atoms with Crippen LogP contribution in [0.25, 0.3) is 10.9 Å². The van der Waals surface area contributed by atoms with Crippen LogP contribution in [0.5, 0.6) is 11.5 Å². The standard InChI is InChI=1S/C18H15N3O3/c1-23-17-10-16(22)13(11-19)9-15(17)21(24-2)18-8-7-12-5-3-4-6-14(12)20-18/h3-10,22H,1-2H3. The zero-order valence-electron chi connectivity index (χ0n) is 13.2. The van der Waals surface area contributed by atoms with Crippen molar-refractivity contribution < 1.29 is 14.7 Å². The summed E-state index contributed by atoms with van der Waals surface area (Å²) in [6.45, 7) is 0. The highest BCUT2D eigenvalue weighted by Gasteiger charge is 2.19. The Kier molecular flexibility index (Phi) is 4.18. The lowest BCUT2D eigenvalue weighted by Gasteiger charge is -2.23. The molecule has 0 radical (unpaired) electrons. The lowest BCUT2D eigenvalue weighted by Crippen LogP contribution is -2.17. The minimum absolute atomic E-state index is 0.119. The van der Waals surface area contributed by atoms with Crippen LogP contribution in [0.2, 0.25) is 0 Å². The highest BCUT2D eigenvalue weighted by atomic mass is 16.7. The van der Waals surface area contributed by atoms with Gasteiger partial charge in [-0.1, -0.05) is 18.2 Å². The van der Waals surface area contributed by atoms with Gasteiger partial charge in [0.05, 0.1) is 25.3 Å². The van der Waals surface area contributed by atoms with Gasteiger partial charge in [0.15, 0.2) is 5.82 Å². The van der Waals surface area contributed by atoms with Gasteiger partial charge in [0.2, 0.25) is 0 Å². The van der Waals surface area contributed by atoms with Gasteiger partial charge in [0, 0.05) is 11.5 Å². The van der Waals surface area contributed by atoms with Crippen LogP contribution in [-0.2, 0) is 4.84 Å². The summed E-state index contributed by atoms with van der Waals surface area (Å²) in [6.07, 6.45) is 0. The van der Waals surface area contributed by atoms with Crippen LogP contribution in [0.3, 0.4) is 0 Å². The lowest BCUT2D eigenvalue weighted by molar-refractivity contribution is 0.197. The molecule has 1 aromatic heterocycles. The minimum atomic E-state index is -0.152. The van der Waals surface area contributed by atoms with E-state index in [2.05, 4.69) is 4.98 Å². The summed E-state index contributed by atoms with van der Waals surface area (Å²) in [6, 6.07) is 16.3. The summed E-state index contributed by atoms with van der Waals surface area (Å²) in [4.78, 5) is 10.0. The molecule has 3 aromatic rings. The number of fused-ring (bicyclic) bond motifs is 1. The SMILES string of the molecule is COc1cc(O)c(C#N)cc1N(OC)c1ccc2ccccc2n1. The first-order valence-electron chi connectivity index (χ1n) is 7.19. The van der Waals surface area contributed by atoms with Crippen molar-refractivity contribution in [2.45, 2.75) is 0 Å². The van der Waals surface area contributed by atoms with Crippen LogP contribution in [0.15, 0.2) is 48.5 Å². The largest absolute Gasteiger partial charge is 0.506 e. The van der Waals surface area contributed by atoms with Gasteiger partial charge in [0.1, 0.15) is 23.3 Å². The van der Waals surface area contributed by atoms with E-state index in [1.165, 1.54) is 31.4 Å². The molecule has 6 heteroatoms. The van der Waals surface area contributed by atoms with Gasteiger partial charge < -0.3 is 9.84 Å². The molecule has 0 saturated carbocycles. The number of hydrogen-bond donors (Lipinski definition) is 1. The summed E-state index contributed by atoms with van der Waals surface area (Å²) in [5.74, 6) is 0.744. The van der Waals surface area contributed by atoms with E-state index in [9.17, 15) is 5.11 Å². The molecule has 3 rings (SSSR count). The molecular weight excluding hydrogens is 306 g/mol. The molecule has 0 amide bonds. The van der Waals surface area contributed by atoms with Gasteiger partial charge in [0.25, 0.3) is 0 Å². The molecule has 0 aliphatic carbocycles. The normalized spacial score (nSPS) is 10.4. The van der Waals surface area contributed by atoms with E-state index >= 15 is 0 Å². The van der Waals surface area contributed by atoms with Crippen molar-refractivity contribution in [1.82, 2.24) is 4.98 Å². The Morgan fingerprint density at radius 2 is 1.92 bits per heavy atom. The van der Waals surface area contributed by atoms with E-state index < -0.39 is 0 Å². The molecule has 0 unspecified atom stereocenters. The van der Waals surface area contributed by atoms with Crippen molar-refractivity contribution in [3.8, 4) is 17.6 Å². The molecule has 0 bridgehead atoms. The maximum absolute atomic E-state index is 9.84. The van der Waals surface area contributed by atoms with Crippen LogP contribution in [-0.4, -0.2) is 24.3 Å². The number of hydrogen-bond acceptors (Lipinski definition) is 6. The van der Waals surface area contributed by atoms with Crippen molar-refractivity contribution in [2.24, 2.45) is 0 Å². The van der Waals surface area contributed by atoms with Gasteiger partial charge >= 0.3 is 0 Å². The summed E-state index contributed by atoms with van der Waals surface area (Å²) in [5, 5.41) is 21.4. The smallest absolute Gasteiger partial charge is 0.158 e. The molecule has 1 N–H and O–H groups in total. The fraction of sp³-hybridized carbons (Fsp3) is 0.111. The maximum atomic E-state index is 9.84. The number of rotatable bonds is 4. The number of phenolic OH excluding ortho intramolecular Hbond substituents is 1. The van der Waals surface area contributed by atoms with Gasteiger partial charge in [-0.3, -0.25) is 4.84 Å². The molecule has 1 heterocycles. The minimum Gasteiger partial charge on any atom is -0.506 e. The molecule has 0 saturated heterocycles. The van der Waals surface area contributed by atoms with Gasteiger partial charge in [-0.15, -0.1) is 0 Å². The molecule has 24 heavy (non-hydrogen) atoms. The van der Waals surface area contributed by atoms with Gasteiger partial charge in [-0.25, -0.2) is 10.0 Å². The zero-order chi connectivity index (χ0) is 17.1. The number of pyridine rings is 1.